The number of benzene rings is 2. The number of nitrogens with zero attached hydrogens (tertiary/aromatic N) is 1. The van der Waals surface area contributed by atoms with E-state index in [4.69, 9.17) is 23.2 Å². The second-order valence-corrected chi connectivity index (χ2v) is 6.22. The largest absolute Gasteiger partial charge is 0.348 e. The van der Waals surface area contributed by atoms with Crippen molar-refractivity contribution in [1.29, 1.82) is 0 Å². The number of rotatable bonds is 5. The molecule has 0 heterocycles. The van der Waals surface area contributed by atoms with Gasteiger partial charge in [-0.2, -0.15) is 0 Å². The van der Waals surface area contributed by atoms with Crippen LogP contribution in [0.1, 0.15) is 21.5 Å². The molecule has 0 saturated heterocycles. The highest BCUT2D eigenvalue weighted by Crippen LogP contribution is 2.19. The Morgan fingerprint density at radius 1 is 1.05 bits per heavy atom. The van der Waals surface area contributed by atoms with E-state index in [9.17, 15) is 4.79 Å². The summed E-state index contributed by atoms with van der Waals surface area (Å²) >= 11 is 11.8. The molecule has 0 aliphatic heterocycles. The molecule has 0 unspecified atom stereocenters. The number of halogens is 2. The summed E-state index contributed by atoms with van der Waals surface area (Å²) in [6.07, 6.45) is 0. The lowest BCUT2D eigenvalue weighted by Gasteiger charge is -2.14. The van der Waals surface area contributed by atoms with Crippen molar-refractivity contribution in [1.82, 2.24) is 10.2 Å². The second-order valence-electron chi connectivity index (χ2n) is 5.35. The predicted molar refractivity (Wildman–Crippen MR) is 91.5 cm³/mol. The SMILES string of the molecule is CN(C)Cc1ccccc1CNC(=O)c1cc(Cl)cc(Cl)c1. The molecule has 22 heavy (non-hydrogen) atoms. The van der Waals surface area contributed by atoms with E-state index in [2.05, 4.69) is 16.3 Å². The molecule has 0 radical (unpaired) electrons. The number of carbonyl (C=O) groups excluding carboxylic acids is 1. The van der Waals surface area contributed by atoms with Gasteiger partial charge in [0.15, 0.2) is 0 Å². The van der Waals surface area contributed by atoms with Crippen LogP contribution in [0.3, 0.4) is 0 Å². The summed E-state index contributed by atoms with van der Waals surface area (Å²) in [5, 5.41) is 3.81. The van der Waals surface area contributed by atoms with Crippen molar-refractivity contribution in [2.75, 3.05) is 14.1 Å². The van der Waals surface area contributed by atoms with E-state index in [1.807, 2.05) is 32.3 Å². The number of amides is 1. The van der Waals surface area contributed by atoms with Crippen LogP contribution in [0.4, 0.5) is 0 Å². The van der Waals surface area contributed by atoms with Gasteiger partial charge < -0.3 is 10.2 Å². The van der Waals surface area contributed by atoms with Crippen LogP contribution in [0.2, 0.25) is 10.0 Å². The minimum absolute atomic E-state index is 0.191. The van der Waals surface area contributed by atoms with Gasteiger partial charge in [-0.15, -0.1) is 0 Å². The minimum atomic E-state index is -0.191. The fourth-order valence-electron chi connectivity index (χ4n) is 2.19. The van der Waals surface area contributed by atoms with E-state index >= 15 is 0 Å². The van der Waals surface area contributed by atoms with Gasteiger partial charge in [0.25, 0.3) is 5.91 Å². The van der Waals surface area contributed by atoms with Crippen LogP contribution >= 0.6 is 23.2 Å². The molecule has 0 saturated carbocycles. The van der Waals surface area contributed by atoms with E-state index in [0.29, 0.717) is 22.2 Å². The third-order valence-electron chi connectivity index (χ3n) is 3.17. The fraction of sp³-hybridized carbons (Fsp3) is 0.235. The average Bonchev–Trinajstić information content (AvgIpc) is 2.44. The highest BCUT2D eigenvalue weighted by atomic mass is 35.5. The van der Waals surface area contributed by atoms with Gasteiger partial charge in [-0.1, -0.05) is 47.5 Å². The number of carbonyl (C=O) groups is 1. The Labute approximate surface area is 140 Å². The molecule has 0 aliphatic carbocycles. The Morgan fingerprint density at radius 3 is 2.23 bits per heavy atom. The highest BCUT2D eigenvalue weighted by Gasteiger charge is 2.09. The van der Waals surface area contributed by atoms with Crippen molar-refractivity contribution in [2.24, 2.45) is 0 Å². The van der Waals surface area contributed by atoms with Crippen LogP contribution in [0.5, 0.6) is 0 Å². The molecule has 2 aromatic carbocycles. The topological polar surface area (TPSA) is 32.3 Å². The van der Waals surface area contributed by atoms with Gasteiger partial charge >= 0.3 is 0 Å². The van der Waals surface area contributed by atoms with Gasteiger partial charge in [0, 0.05) is 28.7 Å². The molecule has 0 atom stereocenters. The standard InChI is InChI=1S/C17H18Cl2N2O/c1-21(2)11-13-6-4-3-5-12(13)10-20-17(22)14-7-15(18)9-16(19)8-14/h3-9H,10-11H2,1-2H3,(H,20,22). The number of hydrogen-bond donors (Lipinski definition) is 1. The molecule has 2 aromatic rings. The molecule has 0 bridgehead atoms. The van der Waals surface area contributed by atoms with Crippen molar-refractivity contribution >= 4 is 29.1 Å². The van der Waals surface area contributed by atoms with Crippen LogP contribution in [0.15, 0.2) is 42.5 Å². The monoisotopic (exact) mass is 336 g/mol. The lowest BCUT2D eigenvalue weighted by atomic mass is 10.1. The molecule has 3 nitrogen and oxygen atoms in total. The summed E-state index contributed by atoms with van der Waals surface area (Å²) in [7, 11) is 4.03. The summed E-state index contributed by atoms with van der Waals surface area (Å²) in [4.78, 5) is 14.3. The molecule has 5 heteroatoms. The zero-order valence-corrected chi connectivity index (χ0v) is 14.1. The van der Waals surface area contributed by atoms with Gasteiger partial charge in [-0.3, -0.25) is 4.79 Å². The highest BCUT2D eigenvalue weighted by molar-refractivity contribution is 6.35. The quantitative estimate of drug-likeness (QED) is 0.895. The van der Waals surface area contributed by atoms with Gasteiger partial charge in [-0.25, -0.2) is 0 Å². The molecule has 1 N–H and O–H groups in total. The van der Waals surface area contributed by atoms with E-state index in [1.54, 1.807) is 18.2 Å². The summed E-state index contributed by atoms with van der Waals surface area (Å²) in [6, 6.07) is 12.9. The maximum atomic E-state index is 12.2. The Morgan fingerprint density at radius 2 is 1.64 bits per heavy atom. The van der Waals surface area contributed by atoms with Crippen molar-refractivity contribution in [3.8, 4) is 0 Å². The summed E-state index contributed by atoms with van der Waals surface area (Å²) < 4.78 is 0. The van der Waals surface area contributed by atoms with Gasteiger partial charge in [0.2, 0.25) is 0 Å². The Bertz CT molecular complexity index is 651. The van der Waals surface area contributed by atoms with E-state index in [0.717, 1.165) is 12.1 Å². The maximum absolute atomic E-state index is 12.2. The number of hydrogen-bond acceptors (Lipinski definition) is 2. The molecule has 0 fully saturated rings. The van der Waals surface area contributed by atoms with Crippen LogP contribution in [-0.4, -0.2) is 24.9 Å². The fourth-order valence-corrected chi connectivity index (χ4v) is 2.71. The first-order valence-electron chi connectivity index (χ1n) is 6.91. The molecule has 0 spiro atoms. The smallest absolute Gasteiger partial charge is 0.251 e. The van der Waals surface area contributed by atoms with Crippen molar-refractivity contribution in [3.63, 3.8) is 0 Å². The normalized spacial score (nSPS) is 10.8. The molecule has 1 amide bonds. The Balaban J connectivity index is 2.08. The maximum Gasteiger partial charge on any atom is 0.251 e. The third kappa shape index (κ3) is 4.73. The first-order valence-corrected chi connectivity index (χ1v) is 7.67. The summed E-state index contributed by atoms with van der Waals surface area (Å²) in [5.74, 6) is -0.191. The van der Waals surface area contributed by atoms with Gasteiger partial charge in [0.1, 0.15) is 0 Å². The summed E-state index contributed by atoms with van der Waals surface area (Å²) in [6.45, 7) is 1.29. The van der Waals surface area contributed by atoms with Gasteiger partial charge in [-0.05, 0) is 43.4 Å². The Hall–Kier alpha value is -1.55. The van der Waals surface area contributed by atoms with E-state index in [-0.39, 0.29) is 5.91 Å². The van der Waals surface area contributed by atoms with Crippen LogP contribution in [0, 0.1) is 0 Å². The predicted octanol–water partition coefficient (Wildman–Crippen LogP) is 3.99. The molecule has 2 rings (SSSR count). The number of nitrogens with one attached hydrogen (secondary N) is 1. The minimum Gasteiger partial charge on any atom is -0.348 e. The molecule has 116 valence electrons. The lowest BCUT2D eigenvalue weighted by Crippen LogP contribution is -2.24. The van der Waals surface area contributed by atoms with Crippen molar-refractivity contribution < 1.29 is 4.79 Å². The van der Waals surface area contributed by atoms with Crippen LogP contribution < -0.4 is 5.32 Å². The average molecular weight is 337 g/mol. The van der Waals surface area contributed by atoms with Crippen LogP contribution in [-0.2, 0) is 13.1 Å². The zero-order chi connectivity index (χ0) is 16.1. The molecule has 0 aromatic heterocycles. The molecule has 0 aliphatic rings. The van der Waals surface area contributed by atoms with Crippen molar-refractivity contribution in [3.05, 3.63) is 69.2 Å². The van der Waals surface area contributed by atoms with Crippen molar-refractivity contribution in [2.45, 2.75) is 13.1 Å². The first kappa shape index (κ1) is 16.8. The Kier molecular flexibility index (Phi) is 5.83. The van der Waals surface area contributed by atoms with E-state index in [1.165, 1.54) is 5.56 Å². The molecular weight excluding hydrogens is 319 g/mol. The van der Waals surface area contributed by atoms with E-state index < -0.39 is 0 Å². The second kappa shape index (κ2) is 7.63. The molecular formula is C17H18Cl2N2O. The lowest BCUT2D eigenvalue weighted by molar-refractivity contribution is 0.0951. The summed E-state index contributed by atoms with van der Waals surface area (Å²) in [5.41, 5.74) is 2.75. The van der Waals surface area contributed by atoms with Gasteiger partial charge in [0.05, 0.1) is 0 Å². The van der Waals surface area contributed by atoms with Crippen LogP contribution in [0.25, 0.3) is 0 Å². The third-order valence-corrected chi connectivity index (χ3v) is 3.61. The first-order chi connectivity index (χ1) is 10.5. The zero-order valence-electron chi connectivity index (χ0n) is 12.6.